The molecule has 3 aromatic heterocycles. The molecule has 0 spiro atoms. The summed E-state index contributed by atoms with van der Waals surface area (Å²) in [6, 6.07) is 54.8. The highest BCUT2D eigenvalue weighted by atomic mass is 16.5. The van der Waals surface area contributed by atoms with Crippen molar-refractivity contribution >= 4 is 70.5 Å². The van der Waals surface area contributed by atoms with E-state index in [2.05, 4.69) is 26.4 Å². The van der Waals surface area contributed by atoms with Gasteiger partial charge in [0.1, 0.15) is 51.2 Å². The quantitative estimate of drug-likeness (QED) is 0.0269. The molecule has 2 atom stereocenters. The predicted octanol–water partition coefficient (Wildman–Crippen LogP) is 12.8. The van der Waals surface area contributed by atoms with Crippen molar-refractivity contribution in [1.82, 2.24) is 50.2 Å². The number of aromatic nitrogens is 6. The van der Waals surface area contributed by atoms with Crippen molar-refractivity contribution in [2.75, 3.05) is 37.5 Å². The molecule has 25 heteroatoms. The number of nitrogens with two attached hydrogens (primary N) is 5. The van der Waals surface area contributed by atoms with Crippen molar-refractivity contribution in [3.05, 3.63) is 243 Å². The normalized spacial score (nSPS) is 16.0. The minimum Gasteiger partial charge on any atom is -0.466 e. The van der Waals surface area contributed by atoms with Crippen molar-refractivity contribution in [1.29, 1.82) is 0 Å². The van der Waals surface area contributed by atoms with Gasteiger partial charge in [0, 0.05) is 78.7 Å². The summed E-state index contributed by atoms with van der Waals surface area (Å²) in [6.07, 6.45) is 10.2. The first kappa shape index (κ1) is 79.4. The van der Waals surface area contributed by atoms with Crippen LogP contribution >= 0.6 is 0 Å². The number of benzene rings is 7. The topological polar surface area (TPSA) is 381 Å². The maximum absolute atomic E-state index is 12.7. The molecule has 13 rings (SSSR count). The highest BCUT2D eigenvalue weighted by molar-refractivity contribution is 6.06. The van der Waals surface area contributed by atoms with Crippen LogP contribution < -0.4 is 49.9 Å². The van der Waals surface area contributed by atoms with Gasteiger partial charge in [0.2, 0.25) is 5.91 Å². The monoisotopic (exact) mass is 1500 g/mol. The van der Waals surface area contributed by atoms with Crippen LogP contribution in [0.1, 0.15) is 198 Å². The van der Waals surface area contributed by atoms with Gasteiger partial charge in [-0.25, -0.2) is 14.0 Å². The number of amides is 7. The number of esters is 1. The molecule has 111 heavy (non-hydrogen) atoms. The second-order valence-corrected chi connectivity index (χ2v) is 28.7. The molecule has 10 aromatic rings. The number of ether oxygens (including phenoxy) is 1. The maximum atomic E-state index is 12.7. The van der Waals surface area contributed by atoms with Gasteiger partial charge in [-0.15, -0.1) is 0 Å². The summed E-state index contributed by atoms with van der Waals surface area (Å²) in [5, 5.41) is 26.6. The first-order valence-corrected chi connectivity index (χ1v) is 37.7. The summed E-state index contributed by atoms with van der Waals surface area (Å²) < 4.78 is 10.5. The third-order valence-electron chi connectivity index (χ3n) is 20.9. The van der Waals surface area contributed by atoms with Gasteiger partial charge in [-0.3, -0.25) is 38.4 Å². The fourth-order valence-electron chi connectivity index (χ4n) is 14.9. The molecule has 0 radical (unpaired) electrons. The minimum absolute atomic E-state index is 0.00282. The lowest BCUT2D eigenvalue weighted by Gasteiger charge is -2.30. The zero-order valence-electron chi connectivity index (χ0n) is 63.6. The van der Waals surface area contributed by atoms with Gasteiger partial charge in [0.25, 0.3) is 35.4 Å². The number of nitrogens with zero attached hydrogens (tertiary/aromatic N) is 7. The number of nitrogens with one attached hydrogen (secondary N) is 4. The van der Waals surface area contributed by atoms with Crippen LogP contribution in [0.2, 0.25) is 0 Å². The standard InChI is InChI=1S/C30H31N5O2.C28H34N6O3.C28H33N5O4/c1-20-9-5-8-14-25(20)30(37)32-19-21-15-17-22(18-16-21)27-26(28(31)36)29(33-23-10-3-2-4-11-23)35(34-27)24-12-6-7-13-24;1-17-6-4-5-7-22(17)27(36)31-16-18-8-10-19(11-9-18)24-23(26(30)35)25(29)34(32-24)21-14-12-20(13-15-21)28(37)33(2)3;1-3-37-28(36)20-8-6-9-21(15-20)33-25(29)23(26(30)34)24(32-33)19-13-11-18(12-14-19)16-31-27(35)22-10-5-4-7-17(22)2/h2-5,8-11,14-18,24,33H,6-7,12-13,19H2,1H3,(H2,31,36)(H,32,37);4-11,20-21H,12-16,29H2,1-3H3,(H2,30,35)(H,31,36);4-5,7,10-14,20-21H,3,6,8-9,15-16,29H2,1-2H3,(H2,30,34)(H,31,35). The zero-order valence-corrected chi connectivity index (χ0v) is 63.6. The summed E-state index contributed by atoms with van der Waals surface area (Å²) in [5.74, 6) is -1.41. The van der Waals surface area contributed by atoms with Gasteiger partial charge in [0.15, 0.2) is 0 Å². The Bertz CT molecular complexity index is 4990. The Hall–Kier alpha value is -12.7. The van der Waals surface area contributed by atoms with Crippen LogP contribution in [0.4, 0.5) is 23.1 Å². The second-order valence-electron chi connectivity index (χ2n) is 28.7. The summed E-state index contributed by atoms with van der Waals surface area (Å²) >= 11 is 0. The summed E-state index contributed by atoms with van der Waals surface area (Å²) in [4.78, 5) is 101. The number of anilines is 4. The van der Waals surface area contributed by atoms with Gasteiger partial charge in [0.05, 0.1) is 30.7 Å². The Labute approximate surface area is 646 Å². The molecule has 3 aliphatic carbocycles. The van der Waals surface area contributed by atoms with Gasteiger partial charge in [-0.1, -0.05) is 165 Å². The fraction of sp³-hybridized carbons (Fsp3) is 0.314. The van der Waals surface area contributed by atoms with Gasteiger partial charge in [-0.2, -0.15) is 15.3 Å². The van der Waals surface area contributed by atoms with Crippen molar-refractivity contribution in [2.45, 2.75) is 143 Å². The minimum atomic E-state index is -0.661. The van der Waals surface area contributed by atoms with Crippen LogP contribution in [0.25, 0.3) is 33.8 Å². The first-order chi connectivity index (χ1) is 53.5. The molecule has 7 aromatic carbocycles. The largest absolute Gasteiger partial charge is 0.466 e. The van der Waals surface area contributed by atoms with Crippen molar-refractivity contribution in [3.8, 4) is 33.8 Å². The molecule has 576 valence electrons. The number of hydrogen-bond acceptors (Lipinski definition) is 15. The van der Waals surface area contributed by atoms with Crippen LogP contribution in [0.3, 0.4) is 0 Å². The van der Waals surface area contributed by atoms with Crippen molar-refractivity contribution in [2.24, 2.45) is 29.0 Å². The van der Waals surface area contributed by atoms with E-state index in [0.29, 0.717) is 88.9 Å². The molecular formula is C86H98N16O9. The summed E-state index contributed by atoms with van der Waals surface area (Å²) in [7, 11) is 3.55. The Morgan fingerprint density at radius 1 is 0.432 bits per heavy atom. The van der Waals surface area contributed by atoms with Crippen LogP contribution in [0, 0.1) is 32.6 Å². The highest BCUT2D eigenvalue weighted by Crippen LogP contribution is 2.41. The SMILES string of the molecule is CCOC(=O)C1CCCC(n2nc(-c3ccc(CNC(=O)c4ccccc4C)cc3)c(C(N)=O)c2N)C1.Cc1ccccc1C(=O)NCc1ccc(-c2nn(C3CCC(C(=O)N(C)C)CC3)c(N)c2C(N)=O)cc1.Cc1ccccc1C(=O)NCc1ccc(-c2nn(C3CCCC3)c(Nc3ccccc3)c2C(N)=O)cc1. The number of rotatable bonds is 23. The number of aryl methyl sites for hydroxylation is 3. The number of carbonyl (C=O) groups is 8. The van der Waals surface area contributed by atoms with E-state index in [9.17, 15) is 38.4 Å². The average Bonchev–Trinajstić information content (AvgIpc) is 1.64. The van der Waals surface area contributed by atoms with Gasteiger partial charge in [-0.05, 0) is 149 Å². The first-order valence-electron chi connectivity index (χ1n) is 37.7. The predicted molar refractivity (Wildman–Crippen MR) is 429 cm³/mol. The Morgan fingerprint density at radius 3 is 1.20 bits per heavy atom. The lowest BCUT2D eigenvalue weighted by atomic mass is 9.85. The molecule has 0 bridgehead atoms. The molecule has 0 saturated heterocycles. The number of nitrogen functional groups attached to an aromatic ring is 2. The Morgan fingerprint density at radius 2 is 0.802 bits per heavy atom. The zero-order chi connectivity index (χ0) is 79.0. The van der Waals surface area contributed by atoms with E-state index in [0.717, 1.165) is 115 Å². The van der Waals surface area contributed by atoms with Crippen LogP contribution in [0.5, 0.6) is 0 Å². The van der Waals surface area contributed by atoms with E-state index in [4.69, 9.17) is 43.6 Å². The summed E-state index contributed by atoms with van der Waals surface area (Å²) in [5.41, 5.74) is 42.7. The van der Waals surface area contributed by atoms with Gasteiger partial charge < -0.3 is 59.6 Å². The van der Waals surface area contributed by atoms with Crippen LogP contribution in [-0.4, -0.2) is 102 Å². The second kappa shape index (κ2) is 36.5. The molecule has 14 N–H and O–H groups in total. The van der Waals surface area contributed by atoms with Crippen LogP contribution in [-0.2, 0) is 34.0 Å². The van der Waals surface area contributed by atoms with E-state index in [1.54, 1.807) is 47.4 Å². The summed E-state index contributed by atoms with van der Waals surface area (Å²) in [6.45, 7) is 8.96. The average molecular weight is 1500 g/mol. The number of primary amides is 3. The smallest absolute Gasteiger partial charge is 0.308 e. The molecule has 3 heterocycles. The number of para-hydroxylation sites is 1. The molecular weight excluding hydrogens is 1400 g/mol. The lowest BCUT2D eigenvalue weighted by Crippen LogP contribution is -2.33. The van der Waals surface area contributed by atoms with E-state index in [-0.39, 0.29) is 82.3 Å². The molecule has 3 saturated carbocycles. The molecule has 3 fully saturated rings. The van der Waals surface area contributed by atoms with E-state index < -0.39 is 17.7 Å². The van der Waals surface area contributed by atoms with Crippen LogP contribution in [0.15, 0.2) is 176 Å². The number of carbonyl (C=O) groups excluding carboxylic acids is 8. The third-order valence-corrected chi connectivity index (χ3v) is 20.9. The van der Waals surface area contributed by atoms with Crippen molar-refractivity contribution < 1.29 is 43.1 Å². The highest BCUT2D eigenvalue weighted by Gasteiger charge is 2.35. The Kier molecular flexibility index (Phi) is 26.1. The fourth-order valence-corrected chi connectivity index (χ4v) is 14.9. The lowest BCUT2D eigenvalue weighted by molar-refractivity contribution is -0.149. The number of hydrogen-bond donors (Lipinski definition) is 9. The molecule has 0 aliphatic heterocycles. The van der Waals surface area contributed by atoms with Crippen molar-refractivity contribution in [3.63, 3.8) is 0 Å². The van der Waals surface area contributed by atoms with Gasteiger partial charge >= 0.3 is 5.97 Å². The molecule has 7 amide bonds. The third kappa shape index (κ3) is 19.1. The molecule has 2 unspecified atom stereocenters. The Balaban J connectivity index is 0.000000165. The molecule has 3 aliphatic rings. The van der Waals surface area contributed by atoms with E-state index in [1.165, 1.54) is 0 Å². The maximum Gasteiger partial charge on any atom is 0.308 e. The van der Waals surface area contributed by atoms with E-state index in [1.807, 2.05) is 189 Å². The molecule has 25 nitrogen and oxygen atoms in total. The van der Waals surface area contributed by atoms with E-state index >= 15 is 0 Å².